The molecule has 0 unspecified atom stereocenters. The first-order valence-electron chi connectivity index (χ1n) is 8.79. The Morgan fingerprint density at radius 2 is 1.88 bits per heavy atom. The summed E-state index contributed by atoms with van der Waals surface area (Å²) in [6.45, 7) is 10.5. The Hall–Kier alpha value is -1.34. The molecule has 6 heteroatoms. The minimum Gasteiger partial charge on any atom is -0.497 e. The molecule has 1 aliphatic heterocycles. The lowest BCUT2D eigenvalue weighted by Crippen LogP contribution is -2.50. The van der Waals surface area contributed by atoms with Crippen LogP contribution in [0.15, 0.2) is 36.0 Å². The third-order valence-corrected chi connectivity index (χ3v) is 4.85. The number of methoxy groups -OCH3 is 2. The van der Waals surface area contributed by atoms with Gasteiger partial charge in [-0.15, -0.1) is 5.23 Å². The third-order valence-electron chi connectivity index (χ3n) is 4.14. The zero-order chi connectivity index (χ0) is 18.7. The highest BCUT2D eigenvalue weighted by Gasteiger charge is 2.43. The monoisotopic (exact) mass is 365 g/mol. The van der Waals surface area contributed by atoms with Gasteiger partial charge in [-0.3, -0.25) is 4.53 Å². The van der Waals surface area contributed by atoms with Crippen molar-refractivity contribution in [2.45, 2.75) is 58.0 Å². The van der Waals surface area contributed by atoms with E-state index in [1.807, 2.05) is 19.1 Å². The van der Waals surface area contributed by atoms with Gasteiger partial charge in [0.1, 0.15) is 5.75 Å². The molecule has 0 spiro atoms. The van der Waals surface area contributed by atoms with Crippen molar-refractivity contribution in [1.29, 1.82) is 0 Å². The second kappa shape index (κ2) is 7.91. The molecule has 1 heterocycles. The minimum absolute atomic E-state index is 0.126. The highest BCUT2D eigenvalue weighted by atomic mass is 28.4. The summed E-state index contributed by atoms with van der Waals surface area (Å²) in [6.07, 6.45) is 3.79. The number of rotatable bonds is 6. The van der Waals surface area contributed by atoms with Gasteiger partial charge in [0.05, 0.1) is 12.8 Å². The Morgan fingerprint density at radius 1 is 1.24 bits per heavy atom. The van der Waals surface area contributed by atoms with Gasteiger partial charge in [0, 0.05) is 19.4 Å². The molecule has 0 amide bonds. The topological polar surface area (TPSA) is 40.2 Å². The summed E-state index contributed by atoms with van der Waals surface area (Å²) in [7, 11) is 1.50. The van der Waals surface area contributed by atoms with Crippen molar-refractivity contribution in [3.8, 4) is 5.75 Å². The Morgan fingerprint density at radius 3 is 2.36 bits per heavy atom. The van der Waals surface area contributed by atoms with Crippen LogP contribution in [-0.2, 0) is 14.1 Å². The van der Waals surface area contributed by atoms with Gasteiger partial charge < -0.3 is 9.47 Å². The molecule has 1 fully saturated rings. The van der Waals surface area contributed by atoms with Gasteiger partial charge in [-0.25, -0.2) is 4.84 Å². The number of allylic oxidation sites excluding steroid dienone is 2. The molecule has 0 bridgehead atoms. The highest BCUT2D eigenvalue weighted by molar-refractivity contribution is 6.69. The van der Waals surface area contributed by atoms with Crippen LogP contribution in [0.1, 0.15) is 38.2 Å². The average Bonchev–Trinajstić information content (AvgIpc) is 2.56. The Balaban J connectivity index is 2.43. The summed E-state index contributed by atoms with van der Waals surface area (Å²) in [4.78, 5) is 6.09. The molecule has 0 saturated carbocycles. The molecule has 0 radical (unpaired) electrons. The van der Waals surface area contributed by atoms with Crippen LogP contribution in [0, 0.1) is 0 Å². The number of hydroxylamine groups is 2. The van der Waals surface area contributed by atoms with E-state index in [4.69, 9.17) is 18.8 Å². The highest BCUT2D eigenvalue weighted by Crippen LogP contribution is 2.43. The first-order chi connectivity index (χ1) is 11.7. The number of ether oxygens (including phenoxy) is 2. The molecular weight excluding hydrogens is 334 g/mol. The predicted molar refractivity (Wildman–Crippen MR) is 101 cm³/mol. The molecule has 1 saturated heterocycles. The Kier molecular flexibility index (Phi) is 6.32. The van der Waals surface area contributed by atoms with E-state index in [-0.39, 0.29) is 5.92 Å². The van der Waals surface area contributed by atoms with E-state index in [9.17, 15) is 0 Å². The van der Waals surface area contributed by atoms with E-state index < -0.39 is 14.1 Å². The molecule has 0 N–H and O–H groups in total. The van der Waals surface area contributed by atoms with Crippen LogP contribution in [0.3, 0.4) is 0 Å². The van der Waals surface area contributed by atoms with Crippen molar-refractivity contribution in [2.24, 2.45) is 0 Å². The quantitative estimate of drug-likeness (QED) is 0.675. The molecule has 1 aromatic carbocycles. The molecule has 0 aromatic heterocycles. The zero-order valence-electron chi connectivity index (χ0n) is 16.5. The summed E-state index contributed by atoms with van der Waals surface area (Å²) in [6, 6.07) is 8.17. The van der Waals surface area contributed by atoms with E-state index >= 15 is 0 Å². The van der Waals surface area contributed by atoms with Gasteiger partial charge in [-0.2, -0.15) is 0 Å². The van der Waals surface area contributed by atoms with Gasteiger partial charge in [0.25, 0.3) is 0 Å². The van der Waals surface area contributed by atoms with Crippen LogP contribution in [0.4, 0.5) is 0 Å². The van der Waals surface area contributed by atoms with Crippen molar-refractivity contribution in [3.63, 3.8) is 0 Å². The summed E-state index contributed by atoms with van der Waals surface area (Å²) < 4.78 is 17.2. The number of benzene rings is 1. The first kappa shape index (κ1) is 20.0. The van der Waals surface area contributed by atoms with E-state index in [0.717, 1.165) is 17.9 Å². The fraction of sp³-hybridized carbons (Fsp3) is 0.579. The van der Waals surface area contributed by atoms with Crippen molar-refractivity contribution < 1.29 is 18.8 Å². The van der Waals surface area contributed by atoms with Crippen LogP contribution in [0.2, 0.25) is 19.6 Å². The predicted octanol–water partition coefficient (Wildman–Crippen LogP) is 4.84. The van der Waals surface area contributed by atoms with Gasteiger partial charge in [0.2, 0.25) is 8.32 Å². The normalized spacial score (nSPS) is 26.1. The van der Waals surface area contributed by atoms with Crippen molar-refractivity contribution in [2.75, 3.05) is 14.2 Å². The molecule has 25 heavy (non-hydrogen) atoms. The number of hydrogen-bond acceptors (Lipinski definition) is 5. The third kappa shape index (κ3) is 5.07. The summed E-state index contributed by atoms with van der Waals surface area (Å²) in [5.74, 6) is 0.234. The fourth-order valence-corrected chi connectivity index (χ4v) is 3.50. The molecule has 0 aliphatic carbocycles. The van der Waals surface area contributed by atoms with Gasteiger partial charge in [-0.05, 0) is 50.7 Å². The second-order valence-electron chi connectivity index (χ2n) is 7.46. The molecule has 2 rings (SSSR count). The van der Waals surface area contributed by atoms with E-state index in [0.29, 0.717) is 6.42 Å². The van der Waals surface area contributed by atoms with Crippen molar-refractivity contribution in [1.82, 2.24) is 5.23 Å². The molecule has 2 atom stereocenters. The lowest BCUT2D eigenvalue weighted by atomic mass is 9.87. The van der Waals surface area contributed by atoms with Crippen LogP contribution in [-0.4, -0.2) is 33.6 Å². The maximum atomic E-state index is 6.21. The summed E-state index contributed by atoms with van der Waals surface area (Å²) in [5.41, 5.74) is 2.22. The summed E-state index contributed by atoms with van der Waals surface area (Å²) >= 11 is 0. The van der Waals surface area contributed by atoms with Crippen LogP contribution < -0.4 is 4.74 Å². The smallest absolute Gasteiger partial charge is 0.223 e. The average molecular weight is 366 g/mol. The molecule has 1 aromatic rings. The van der Waals surface area contributed by atoms with Crippen LogP contribution in [0.25, 0.3) is 0 Å². The standard InChI is InChI=1S/C19H31NO4Si/c1-8-9-18-17(15-10-12-16(21-3)13-11-15)14-19(2,22-4)23-20(18)24-25(5,6)7/h9-13,17H,8,14H2,1-7H3/b18-9+/t17-,19-/m0/s1. The fourth-order valence-electron chi connectivity index (χ4n) is 2.86. The van der Waals surface area contributed by atoms with Crippen molar-refractivity contribution in [3.05, 3.63) is 41.6 Å². The second-order valence-corrected chi connectivity index (χ2v) is 11.9. The maximum absolute atomic E-state index is 6.21. The van der Waals surface area contributed by atoms with Gasteiger partial charge in [-0.1, -0.05) is 25.1 Å². The maximum Gasteiger partial charge on any atom is 0.223 e. The van der Waals surface area contributed by atoms with E-state index in [1.165, 1.54) is 5.56 Å². The van der Waals surface area contributed by atoms with Gasteiger partial charge in [0.15, 0.2) is 5.79 Å². The van der Waals surface area contributed by atoms with Crippen LogP contribution in [0.5, 0.6) is 5.75 Å². The zero-order valence-corrected chi connectivity index (χ0v) is 17.5. The summed E-state index contributed by atoms with van der Waals surface area (Å²) in [5, 5.41) is 1.61. The van der Waals surface area contributed by atoms with E-state index in [2.05, 4.69) is 44.8 Å². The van der Waals surface area contributed by atoms with Gasteiger partial charge >= 0.3 is 0 Å². The SMILES string of the molecule is CC/C=C1\[C@H](c2ccc(OC)cc2)C[C@@](C)(OC)ON1O[Si](C)(C)C. The molecule has 1 aliphatic rings. The van der Waals surface area contributed by atoms with Crippen molar-refractivity contribution >= 4 is 8.32 Å². The largest absolute Gasteiger partial charge is 0.497 e. The number of hydrogen-bond donors (Lipinski definition) is 0. The van der Waals surface area contributed by atoms with Crippen LogP contribution >= 0.6 is 0 Å². The van der Waals surface area contributed by atoms with E-state index in [1.54, 1.807) is 19.4 Å². The Bertz CT molecular complexity index is 596. The minimum atomic E-state index is -1.85. The first-order valence-corrected chi connectivity index (χ1v) is 12.2. The Labute approximate surface area is 152 Å². The molecular formula is C19H31NO4Si. The lowest BCUT2D eigenvalue weighted by Gasteiger charge is -2.46. The lowest BCUT2D eigenvalue weighted by molar-refractivity contribution is -0.422. The molecule has 5 nitrogen and oxygen atoms in total. The number of nitrogens with zero attached hydrogens (tertiary/aromatic N) is 1. The molecule has 140 valence electrons.